The summed E-state index contributed by atoms with van der Waals surface area (Å²) >= 11 is 0. The summed E-state index contributed by atoms with van der Waals surface area (Å²) in [5.41, 5.74) is 0.684. The summed E-state index contributed by atoms with van der Waals surface area (Å²) in [6.07, 6.45) is 6.78. The molecule has 0 unspecified atom stereocenters. The molecule has 4 rings (SSSR count). The number of carbonyl (C=O) groups excluding carboxylic acids is 1. The Bertz CT molecular complexity index is 1260. The molecule has 8 heteroatoms. The molecule has 0 saturated heterocycles. The number of hydrogen-bond donors (Lipinski definition) is 1. The molecule has 8 nitrogen and oxygen atoms in total. The molecule has 0 radical (unpaired) electrons. The lowest BCUT2D eigenvalue weighted by atomic mass is 9.86. The lowest BCUT2D eigenvalue weighted by molar-refractivity contribution is -0.123. The van der Waals surface area contributed by atoms with Crippen LogP contribution in [0.4, 0.5) is 0 Å². The third-order valence-electron chi connectivity index (χ3n) is 6.87. The highest BCUT2D eigenvalue weighted by Crippen LogP contribution is 2.23. The summed E-state index contributed by atoms with van der Waals surface area (Å²) in [6.45, 7) is 7.00. The number of benzene rings is 1. The first-order valence-electron chi connectivity index (χ1n) is 12.4. The largest absolute Gasteiger partial charge is 0.352 e. The van der Waals surface area contributed by atoms with E-state index in [0.29, 0.717) is 29.5 Å². The molecule has 2 heterocycles. The van der Waals surface area contributed by atoms with Crippen LogP contribution in [0.25, 0.3) is 11.2 Å². The van der Waals surface area contributed by atoms with E-state index in [9.17, 15) is 14.4 Å². The van der Waals surface area contributed by atoms with Crippen molar-refractivity contribution in [1.29, 1.82) is 0 Å². The maximum Gasteiger partial charge on any atom is 0.333 e. The molecule has 1 fully saturated rings. The Balaban J connectivity index is 1.73. The minimum atomic E-state index is -0.512. The molecule has 0 spiro atoms. The number of fused-ring (bicyclic) bond motifs is 1. The van der Waals surface area contributed by atoms with E-state index in [1.54, 1.807) is 6.33 Å². The number of carbonyl (C=O) groups is 1. The maximum absolute atomic E-state index is 13.5. The summed E-state index contributed by atoms with van der Waals surface area (Å²) in [7, 11) is 0. The molecule has 1 N–H and O–H groups in total. The topological polar surface area (TPSA) is 90.9 Å². The minimum absolute atomic E-state index is 0.0868. The number of amides is 1. The fourth-order valence-corrected chi connectivity index (χ4v) is 4.78. The van der Waals surface area contributed by atoms with E-state index in [2.05, 4.69) is 31.1 Å². The van der Waals surface area contributed by atoms with Gasteiger partial charge >= 0.3 is 5.69 Å². The second kappa shape index (κ2) is 10.4. The van der Waals surface area contributed by atoms with Crippen molar-refractivity contribution in [3.8, 4) is 0 Å². The van der Waals surface area contributed by atoms with Gasteiger partial charge in [0, 0.05) is 12.6 Å². The first-order chi connectivity index (χ1) is 16.3. The molecule has 2 aromatic heterocycles. The van der Waals surface area contributed by atoms with Gasteiger partial charge in [-0.2, -0.15) is 0 Å². The lowest BCUT2D eigenvalue weighted by Gasteiger charge is -2.29. The molecule has 2 atom stereocenters. The highest BCUT2D eigenvalue weighted by Gasteiger charge is 2.25. The van der Waals surface area contributed by atoms with Gasteiger partial charge in [-0.1, -0.05) is 63.9 Å². The van der Waals surface area contributed by atoms with Gasteiger partial charge in [0.05, 0.1) is 12.9 Å². The molecule has 1 saturated carbocycles. The Morgan fingerprint density at radius 2 is 1.85 bits per heavy atom. The van der Waals surface area contributed by atoms with Gasteiger partial charge in [-0.25, -0.2) is 14.3 Å². The van der Waals surface area contributed by atoms with Crippen LogP contribution in [0.15, 0.2) is 46.2 Å². The number of hydrogen-bond acceptors (Lipinski definition) is 4. The first kappa shape index (κ1) is 24.0. The molecule has 1 aromatic carbocycles. The van der Waals surface area contributed by atoms with Crippen LogP contribution >= 0.6 is 0 Å². The average Bonchev–Trinajstić information content (AvgIpc) is 3.24. The van der Waals surface area contributed by atoms with E-state index < -0.39 is 11.2 Å². The normalized spacial score (nSPS) is 18.5. The molecule has 3 aromatic rings. The molecular weight excluding hydrogens is 430 g/mol. The van der Waals surface area contributed by atoms with Crippen molar-refractivity contribution in [2.24, 2.45) is 11.8 Å². The summed E-state index contributed by atoms with van der Waals surface area (Å²) in [4.78, 5) is 44.3. The number of nitrogens with zero attached hydrogens (tertiary/aromatic N) is 4. The third-order valence-corrected chi connectivity index (χ3v) is 6.87. The highest BCUT2D eigenvalue weighted by molar-refractivity contribution is 5.77. The van der Waals surface area contributed by atoms with Gasteiger partial charge in [0.2, 0.25) is 5.91 Å². The Hall–Kier alpha value is -3.16. The van der Waals surface area contributed by atoms with E-state index >= 15 is 0 Å². The van der Waals surface area contributed by atoms with Gasteiger partial charge in [-0.15, -0.1) is 0 Å². The molecule has 1 amide bonds. The molecule has 0 bridgehead atoms. The van der Waals surface area contributed by atoms with Crippen LogP contribution in [0.5, 0.6) is 0 Å². The lowest BCUT2D eigenvalue weighted by Crippen LogP contribution is -2.47. The van der Waals surface area contributed by atoms with Crippen LogP contribution < -0.4 is 16.6 Å². The van der Waals surface area contributed by atoms with Crippen molar-refractivity contribution in [2.45, 2.75) is 78.6 Å². The average molecular weight is 466 g/mol. The van der Waals surface area contributed by atoms with Gasteiger partial charge in [0.1, 0.15) is 6.54 Å². The smallest absolute Gasteiger partial charge is 0.333 e. The maximum atomic E-state index is 13.5. The quantitative estimate of drug-likeness (QED) is 0.553. The number of nitrogens with one attached hydrogen (secondary N) is 1. The van der Waals surface area contributed by atoms with E-state index in [-0.39, 0.29) is 25.0 Å². The third kappa shape index (κ3) is 5.16. The monoisotopic (exact) mass is 465 g/mol. The summed E-state index contributed by atoms with van der Waals surface area (Å²) in [5.74, 6) is 0.555. The minimum Gasteiger partial charge on any atom is -0.352 e. The number of aryl methyl sites for hydroxylation is 1. The van der Waals surface area contributed by atoms with Crippen LogP contribution in [0.1, 0.15) is 58.4 Å². The second-order valence-corrected chi connectivity index (χ2v) is 9.97. The van der Waals surface area contributed by atoms with Crippen LogP contribution in [-0.2, 0) is 24.4 Å². The van der Waals surface area contributed by atoms with Crippen LogP contribution in [0, 0.1) is 11.8 Å². The second-order valence-electron chi connectivity index (χ2n) is 9.97. The molecule has 1 aliphatic rings. The van der Waals surface area contributed by atoms with Crippen molar-refractivity contribution < 1.29 is 4.79 Å². The molecule has 0 aliphatic heterocycles. The zero-order valence-electron chi connectivity index (χ0n) is 20.4. The number of rotatable bonds is 8. The summed E-state index contributed by atoms with van der Waals surface area (Å²) < 4.78 is 4.40. The van der Waals surface area contributed by atoms with Crippen molar-refractivity contribution in [1.82, 2.24) is 24.0 Å². The molecule has 34 heavy (non-hydrogen) atoms. The summed E-state index contributed by atoms with van der Waals surface area (Å²) in [6, 6.07) is 9.69. The first-order valence-corrected chi connectivity index (χ1v) is 12.4. The van der Waals surface area contributed by atoms with E-state index in [4.69, 9.17) is 0 Å². The fraction of sp³-hybridized carbons (Fsp3) is 0.538. The van der Waals surface area contributed by atoms with Gasteiger partial charge in [-0.3, -0.25) is 14.2 Å². The van der Waals surface area contributed by atoms with E-state index in [0.717, 1.165) is 35.8 Å². The van der Waals surface area contributed by atoms with Gasteiger partial charge in [0.15, 0.2) is 11.2 Å². The van der Waals surface area contributed by atoms with E-state index in [1.165, 1.54) is 11.0 Å². The molecular formula is C26H35N5O3. The Morgan fingerprint density at radius 3 is 2.56 bits per heavy atom. The molecule has 182 valence electrons. The van der Waals surface area contributed by atoms with Crippen molar-refractivity contribution in [2.75, 3.05) is 0 Å². The van der Waals surface area contributed by atoms with Crippen molar-refractivity contribution in [3.63, 3.8) is 0 Å². The zero-order chi connectivity index (χ0) is 24.2. The standard InChI is InChI=1S/C26H35N5O3/c1-18(2)13-14-29-17-27-24-23(29)25(33)31(16-22(32)28-21-12-8-7-9-19(21)3)26(34)30(24)15-20-10-5-4-6-11-20/h4-6,10-11,17-19,21H,7-9,12-16H2,1-3H3,(H,28,32)/t19-,21-/m0/s1. The Morgan fingerprint density at radius 1 is 1.12 bits per heavy atom. The van der Waals surface area contributed by atoms with Gasteiger partial charge in [0.25, 0.3) is 5.56 Å². The van der Waals surface area contributed by atoms with Gasteiger partial charge in [-0.05, 0) is 36.7 Å². The van der Waals surface area contributed by atoms with Crippen LogP contribution in [0.3, 0.4) is 0 Å². The van der Waals surface area contributed by atoms with Crippen molar-refractivity contribution >= 4 is 17.1 Å². The predicted octanol–water partition coefficient (Wildman–Crippen LogP) is 3.15. The number of imidazole rings is 1. The van der Waals surface area contributed by atoms with Crippen molar-refractivity contribution in [3.05, 3.63) is 63.1 Å². The predicted molar refractivity (Wildman–Crippen MR) is 133 cm³/mol. The SMILES string of the molecule is CC(C)CCn1cnc2c1c(=O)n(CC(=O)N[C@H]1CCCC[C@@H]1C)c(=O)n2Cc1ccccc1. The highest BCUT2D eigenvalue weighted by atomic mass is 16.2. The Kier molecular flexibility index (Phi) is 7.34. The van der Waals surface area contributed by atoms with Crippen LogP contribution in [-0.4, -0.2) is 30.6 Å². The fourth-order valence-electron chi connectivity index (χ4n) is 4.78. The van der Waals surface area contributed by atoms with Crippen LogP contribution in [0.2, 0.25) is 0 Å². The molecule has 1 aliphatic carbocycles. The zero-order valence-corrected chi connectivity index (χ0v) is 20.4. The summed E-state index contributed by atoms with van der Waals surface area (Å²) in [5, 5.41) is 3.07. The number of aromatic nitrogens is 4. The van der Waals surface area contributed by atoms with Gasteiger partial charge < -0.3 is 9.88 Å². The Labute approximate surface area is 199 Å². The van der Waals surface area contributed by atoms with E-state index in [1.807, 2.05) is 34.9 Å².